The molecule has 1 aliphatic heterocycles. The Bertz CT molecular complexity index is 408. The Hall–Kier alpha value is -0.940. The number of aliphatic carboxylic acids is 1. The topological polar surface area (TPSA) is 53.4 Å². The number of likely N-dealkylation sites (tertiary alicyclic amines) is 1. The molecule has 0 spiro atoms. The van der Waals surface area contributed by atoms with Gasteiger partial charge in [0.15, 0.2) is 0 Å². The quantitative estimate of drug-likeness (QED) is 0.902. The van der Waals surface area contributed by atoms with Crippen molar-refractivity contribution in [2.45, 2.75) is 39.2 Å². The van der Waals surface area contributed by atoms with Crippen molar-refractivity contribution in [1.29, 1.82) is 0 Å². The van der Waals surface area contributed by atoms with E-state index < -0.39 is 5.97 Å². The molecule has 2 rings (SSSR count). The third kappa shape index (κ3) is 3.76. The van der Waals surface area contributed by atoms with Gasteiger partial charge in [0.1, 0.15) is 0 Å². The zero-order valence-electron chi connectivity index (χ0n) is 11.6. The minimum atomic E-state index is -0.683. The highest BCUT2D eigenvalue weighted by Crippen LogP contribution is 2.31. The first-order chi connectivity index (χ1) is 9.08. The molecule has 1 aromatic heterocycles. The Morgan fingerprint density at radius 1 is 1.63 bits per heavy atom. The van der Waals surface area contributed by atoms with E-state index in [1.807, 2.05) is 5.51 Å². The number of carbonyl (C=O) groups is 1. The van der Waals surface area contributed by atoms with Gasteiger partial charge in [-0.3, -0.25) is 9.69 Å². The van der Waals surface area contributed by atoms with Gasteiger partial charge in [-0.2, -0.15) is 0 Å². The SMILES string of the molecule is CC(CC(=O)O)C1CCCN(C(C)c2cscn2)C1. The van der Waals surface area contributed by atoms with E-state index in [4.69, 9.17) is 5.11 Å². The molecule has 0 aromatic carbocycles. The van der Waals surface area contributed by atoms with Crippen LogP contribution in [0.4, 0.5) is 0 Å². The lowest BCUT2D eigenvalue weighted by molar-refractivity contribution is -0.138. The van der Waals surface area contributed by atoms with Gasteiger partial charge in [-0.25, -0.2) is 4.98 Å². The molecule has 1 aromatic rings. The molecule has 2 heterocycles. The number of carboxylic acid groups (broad SMARTS) is 1. The standard InChI is InChI=1S/C14H22N2O2S/c1-10(6-14(17)18)12-4-3-5-16(7-12)11(2)13-8-19-9-15-13/h8-12H,3-7H2,1-2H3,(H,17,18). The Morgan fingerprint density at radius 3 is 3.05 bits per heavy atom. The Balaban J connectivity index is 1.95. The molecule has 19 heavy (non-hydrogen) atoms. The lowest BCUT2D eigenvalue weighted by atomic mass is 9.84. The Kier molecular flexibility index (Phi) is 4.93. The average molecular weight is 282 g/mol. The van der Waals surface area contributed by atoms with Crippen molar-refractivity contribution in [3.05, 3.63) is 16.6 Å². The fraction of sp³-hybridized carbons (Fsp3) is 0.714. The van der Waals surface area contributed by atoms with Crippen LogP contribution in [0.1, 0.15) is 44.8 Å². The summed E-state index contributed by atoms with van der Waals surface area (Å²) in [6.07, 6.45) is 2.58. The van der Waals surface area contributed by atoms with Crippen LogP contribution in [0.2, 0.25) is 0 Å². The van der Waals surface area contributed by atoms with Gasteiger partial charge in [0.05, 0.1) is 17.2 Å². The van der Waals surface area contributed by atoms with Crippen molar-refractivity contribution in [1.82, 2.24) is 9.88 Å². The van der Waals surface area contributed by atoms with Crippen molar-refractivity contribution in [3.8, 4) is 0 Å². The number of nitrogens with zero attached hydrogens (tertiary/aromatic N) is 2. The number of carboxylic acids is 1. The fourth-order valence-electron chi connectivity index (χ4n) is 2.91. The van der Waals surface area contributed by atoms with E-state index in [0.717, 1.165) is 31.6 Å². The van der Waals surface area contributed by atoms with Gasteiger partial charge >= 0.3 is 5.97 Å². The number of hydrogen-bond acceptors (Lipinski definition) is 4. The zero-order valence-corrected chi connectivity index (χ0v) is 12.4. The van der Waals surface area contributed by atoms with Gasteiger partial charge in [0.2, 0.25) is 0 Å². The molecule has 3 unspecified atom stereocenters. The second-order valence-corrected chi connectivity index (χ2v) is 6.28. The van der Waals surface area contributed by atoms with Crippen molar-refractivity contribution in [3.63, 3.8) is 0 Å². The zero-order chi connectivity index (χ0) is 13.8. The molecule has 4 nitrogen and oxygen atoms in total. The van der Waals surface area contributed by atoms with Crippen LogP contribution in [-0.4, -0.2) is 34.0 Å². The van der Waals surface area contributed by atoms with E-state index in [0.29, 0.717) is 12.0 Å². The van der Waals surface area contributed by atoms with Crippen LogP contribution in [0.3, 0.4) is 0 Å². The number of piperidine rings is 1. The summed E-state index contributed by atoms with van der Waals surface area (Å²) in [4.78, 5) is 17.7. The van der Waals surface area contributed by atoms with Gasteiger partial charge < -0.3 is 5.11 Å². The number of rotatable bonds is 5. The van der Waals surface area contributed by atoms with Crippen LogP contribution >= 0.6 is 11.3 Å². The van der Waals surface area contributed by atoms with Crippen LogP contribution in [0.15, 0.2) is 10.9 Å². The molecule has 0 aliphatic carbocycles. The minimum Gasteiger partial charge on any atom is -0.481 e. The van der Waals surface area contributed by atoms with E-state index in [-0.39, 0.29) is 12.3 Å². The van der Waals surface area contributed by atoms with Gasteiger partial charge in [0, 0.05) is 18.3 Å². The van der Waals surface area contributed by atoms with Crippen LogP contribution in [0.5, 0.6) is 0 Å². The third-order valence-corrected chi connectivity index (χ3v) is 4.82. The normalized spacial score (nSPS) is 24.0. The average Bonchev–Trinajstić information content (AvgIpc) is 2.91. The molecular weight excluding hydrogens is 260 g/mol. The summed E-state index contributed by atoms with van der Waals surface area (Å²) in [6.45, 7) is 6.34. The second kappa shape index (κ2) is 6.48. The van der Waals surface area contributed by atoms with Crippen molar-refractivity contribution < 1.29 is 9.90 Å². The lowest BCUT2D eigenvalue weighted by Gasteiger charge is -2.38. The summed E-state index contributed by atoms with van der Waals surface area (Å²) in [5, 5.41) is 11.0. The molecule has 3 atom stereocenters. The highest BCUT2D eigenvalue weighted by molar-refractivity contribution is 7.07. The summed E-state index contributed by atoms with van der Waals surface area (Å²) < 4.78 is 0. The monoisotopic (exact) mass is 282 g/mol. The smallest absolute Gasteiger partial charge is 0.303 e. The van der Waals surface area contributed by atoms with Crippen molar-refractivity contribution in [2.75, 3.05) is 13.1 Å². The van der Waals surface area contributed by atoms with Gasteiger partial charge in [-0.05, 0) is 38.1 Å². The summed E-state index contributed by atoms with van der Waals surface area (Å²) in [5.74, 6) is 0.0612. The van der Waals surface area contributed by atoms with E-state index in [2.05, 4.69) is 29.1 Å². The lowest BCUT2D eigenvalue weighted by Crippen LogP contribution is -2.39. The molecule has 0 bridgehead atoms. The largest absolute Gasteiger partial charge is 0.481 e. The predicted molar refractivity (Wildman–Crippen MR) is 76.2 cm³/mol. The predicted octanol–water partition coefficient (Wildman–Crippen LogP) is 3.03. The molecule has 1 aliphatic rings. The van der Waals surface area contributed by atoms with Crippen molar-refractivity contribution in [2.24, 2.45) is 11.8 Å². The molecule has 1 fully saturated rings. The van der Waals surface area contributed by atoms with E-state index >= 15 is 0 Å². The van der Waals surface area contributed by atoms with Gasteiger partial charge in [-0.1, -0.05) is 6.92 Å². The first kappa shape index (κ1) is 14.5. The molecule has 0 amide bonds. The minimum absolute atomic E-state index is 0.253. The van der Waals surface area contributed by atoms with Crippen LogP contribution in [0, 0.1) is 11.8 Å². The second-order valence-electron chi connectivity index (χ2n) is 5.56. The van der Waals surface area contributed by atoms with E-state index in [9.17, 15) is 4.79 Å². The Labute approximate surface area is 118 Å². The maximum Gasteiger partial charge on any atom is 0.303 e. The van der Waals surface area contributed by atoms with Gasteiger partial charge in [0.25, 0.3) is 0 Å². The first-order valence-corrected chi connectivity index (χ1v) is 7.86. The summed E-state index contributed by atoms with van der Waals surface area (Å²) >= 11 is 1.63. The molecular formula is C14H22N2O2S. The number of aromatic nitrogens is 1. The van der Waals surface area contributed by atoms with Crippen LogP contribution in [0.25, 0.3) is 0 Å². The highest BCUT2D eigenvalue weighted by atomic mass is 32.1. The van der Waals surface area contributed by atoms with E-state index in [1.165, 1.54) is 0 Å². The molecule has 1 saturated heterocycles. The maximum atomic E-state index is 10.8. The van der Waals surface area contributed by atoms with E-state index in [1.54, 1.807) is 11.3 Å². The van der Waals surface area contributed by atoms with Crippen LogP contribution in [-0.2, 0) is 4.79 Å². The Morgan fingerprint density at radius 2 is 2.42 bits per heavy atom. The maximum absolute atomic E-state index is 10.8. The van der Waals surface area contributed by atoms with Crippen molar-refractivity contribution >= 4 is 17.3 Å². The number of thiazole rings is 1. The molecule has 106 valence electrons. The summed E-state index contributed by atoms with van der Waals surface area (Å²) in [7, 11) is 0. The molecule has 0 radical (unpaired) electrons. The first-order valence-electron chi connectivity index (χ1n) is 6.92. The van der Waals surface area contributed by atoms with Crippen LogP contribution < -0.4 is 0 Å². The molecule has 0 saturated carbocycles. The summed E-state index contributed by atoms with van der Waals surface area (Å²) in [6, 6.07) is 0.339. The number of hydrogen-bond donors (Lipinski definition) is 1. The summed E-state index contributed by atoms with van der Waals surface area (Å²) in [5.41, 5.74) is 3.01. The molecule has 5 heteroatoms. The van der Waals surface area contributed by atoms with Gasteiger partial charge in [-0.15, -0.1) is 11.3 Å². The molecule has 1 N–H and O–H groups in total. The third-order valence-electron chi connectivity index (χ3n) is 4.22. The fourth-order valence-corrected chi connectivity index (χ4v) is 3.55. The highest BCUT2D eigenvalue weighted by Gasteiger charge is 2.29.